The van der Waals surface area contributed by atoms with Gasteiger partial charge in [-0.2, -0.15) is 0 Å². The highest BCUT2D eigenvalue weighted by Gasteiger charge is 2.55. The lowest BCUT2D eigenvalue weighted by molar-refractivity contribution is -0.121. The van der Waals surface area contributed by atoms with Crippen LogP contribution in [0.5, 0.6) is 0 Å². The lowest BCUT2D eigenvalue weighted by Crippen LogP contribution is -2.41. The first kappa shape index (κ1) is 13.9. The van der Waals surface area contributed by atoms with Crippen LogP contribution in [0.3, 0.4) is 0 Å². The molecular formula is C12H20FNO3. The maximum Gasteiger partial charge on any atom is 0.410 e. The molecule has 5 heteroatoms. The molecule has 1 aliphatic heterocycles. The van der Waals surface area contributed by atoms with Gasteiger partial charge in [0, 0.05) is 12.0 Å². The lowest BCUT2D eigenvalue weighted by Gasteiger charge is -2.26. The molecule has 1 saturated heterocycles. The molecule has 0 radical (unpaired) electrons. The Morgan fingerprint density at radius 2 is 1.88 bits per heavy atom. The number of aldehydes is 1. The minimum Gasteiger partial charge on any atom is -0.444 e. The molecule has 98 valence electrons. The molecule has 4 nitrogen and oxygen atoms in total. The molecule has 1 aliphatic rings. The molecule has 0 aliphatic carbocycles. The second kappa shape index (κ2) is 3.96. The van der Waals surface area contributed by atoms with Crippen molar-refractivity contribution in [2.24, 2.45) is 5.41 Å². The monoisotopic (exact) mass is 245 g/mol. The highest BCUT2D eigenvalue weighted by molar-refractivity contribution is 5.73. The summed E-state index contributed by atoms with van der Waals surface area (Å²) in [6.45, 7) is 8.44. The Hall–Kier alpha value is -1.13. The lowest BCUT2D eigenvalue weighted by atomic mass is 9.80. The predicted molar refractivity (Wildman–Crippen MR) is 61.5 cm³/mol. The molecular weight excluding hydrogens is 225 g/mol. The third kappa shape index (κ3) is 2.76. The average Bonchev–Trinajstić information content (AvgIpc) is 2.36. The van der Waals surface area contributed by atoms with Crippen molar-refractivity contribution in [2.75, 3.05) is 13.1 Å². The summed E-state index contributed by atoms with van der Waals surface area (Å²) in [5.41, 5.74) is -3.50. The second-order valence-electron chi connectivity index (χ2n) is 6.20. The SMILES string of the molecule is CC(C)(C)OC(=O)N1CC(C)(C)[C@@](F)(C=O)C1. The number of carbonyl (C=O) groups is 2. The minimum atomic E-state index is -2.00. The number of nitrogens with zero attached hydrogens (tertiary/aromatic N) is 1. The van der Waals surface area contributed by atoms with Gasteiger partial charge >= 0.3 is 6.09 Å². The number of ether oxygens (including phenoxy) is 1. The van der Waals surface area contributed by atoms with E-state index in [0.717, 1.165) is 0 Å². The van der Waals surface area contributed by atoms with E-state index in [9.17, 15) is 14.0 Å². The molecule has 1 rings (SSSR count). The number of rotatable bonds is 1. The second-order valence-corrected chi connectivity index (χ2v) is 6.20. The first-order chi connectivity index (χ1) is 7.51. The van der Waals surface area contributed by atoms with Gasteiger partial charge in [0.15, 0.2) is 12.0 Å². The van der Waals surface area contributed by atoms with Crippen LogP contribution in [-0.2, 0) is 9.53 Å². The van der Waals surface area contributed by atoms with Crippen molar-refractivity contribution in [3.63, 3.8) is 0 Å². The third-order valence-corrected chi connectivity index (χ3v) is 2.97. The fourth-order valence-electron chi connectivity index (χ4n) is 1.81. The van der Waals surface area contributed by atoms with Crippen molar-refractivity contribution in [3.05, 3.63) is 0 Å². The van der Waals surface area contributed by atoms with Gasteiger partial charge in [0.2, 0.25) is 0 Å². The quantitative estimate of drug-likeness (QED) is 0.665. The summed E-state index contributed by atoms with van der Waals surface area (Å²) in [5, 5.41) is 0. The molecule has 0 aromatic carbocycles. The highest BCUT2D eigenvalue weighted by atomic mass is 19.1. The summed E-state index contributed by atoms with van der Waals surface area (Å²) in [6.07, 6.45) is -0.288. The third-order valence-electron chi connectivity index (χ3n) is 2.97. The Labute approximate surface area is 101 Å². The van der Waals surface area contributed by atoms with Crippen molar-refractivity contribution in [1.82, 2.24) is 4.90 Å². The molecule has 0 saturated carbocycles. The molecule has 0 aromatic rings. The summed E-state index contributed by atoms with van der Waals surface area (Å²) >= 11 is 0. The van der Waals surface area contributed by atoms with E-state index < -0.39 is 22.8 Å². The van der Waals surface area contributed by atoms with E-state index in [4.69, 9.17) is 4.74 Å². The van der Waals surface area contributed by atoms with Crippen LogP contribution in [0.25, 0.3) is 0 Å². The van der Waals surface area contributed by atoms with Gasteiger partial charge in [-0.25, -0.2) is 9.18 Å². The van der Waals surface area contributed by atoms with Crippen molar-refractivity contribution < 1.29 is 18.7 Å². The fraction of sp³-hybridized carbons (Fsp3) is 0.833. The van der Waals surface area contributed by atoms with Crippen molar-refractivity contribution >= 4 is 12.4 Å². The van der Waals surface area contributed by atoms with Gasteiger partial charge in [-0.05, 0) is 20.8 Å². The van der Waals surface area contributed by atoms with Crippen LogP contribution in [0.15, 0.2) is 0 Å². The van der Waals surface area contributed by atoms with Gasteiger partial charge in [0.05, 0.1) is 6.54 Å². The summed E-state index contributed by atoms with van der Waals surface area (Å²) in [7, 11) is 0. The fourth-order valence-corrected chi connectivity index (χ4v) is 1.81. The van der Waals surface area contributed by atoms with Crippen molar-refractivity contribution in [1.29, 1.82) is 0 Å². The maximum absolute atomic E-state index is 14.2. The molecule has 1 fully saturated rings. The van der Waals surface area contributed by atoms with Crippen LogP contribution in [0.1, 0.15) is 34.6 Å². The Balaban J connectivity index is 2.79. The normalized spacial score (nSPS) is 28.0. The number of likely N-dealkylation sites (tertiary alicyclic amines) is 1. The molecule has 1 heterocycles. The summed E-state index contributed by atoms with van der Waals surface area (Å²) < 4.78 is 19.4. The van der Waals surface area contributed by atoms with E-state index in [2.05, 4.69) is 0 Å². The van der Waals surface area contributed by atoms with Crippen molar-refractivity contribution in [2.45, 2.75) is 45.9 Å². The molecule has 1 amide bonds. The molecule has 0 spiro atoms. The van der Waals surface area contributed by atoms with Crippen LogP contribution < -0.4 is 0 Å². The van der Waals surface area contributed by atoms with Crippen molar-refractivity contribution in [3.8, 4) is 0 Å². The summed E-state index contributed by atoms with van der Waals surface area (Å²) in [6, 6.07) is 0. The molecule has 0 unspecified atom stereocenters. The van der Waals surface area contributed by atoms with E-state index >= 15 is 0 Å². The zero-order valence-corrected chi connectivity index (χ0v) is 11.0. The maximum atomic E-state index is 14.2. The van der Waals surface area contributed by atoms with Gasteiger partial charge in [-0.3, -0.25) is 4.79 Å². The Kier molecular flexibility index (Phi) is 3.25. The Bertz CT molecular complexity index is 335. The van der Waals surface area contributed by atoms with Gasteiger partial charge < -0.3 is 9.64 Å². The Morgan fingerprint density at radius 3 is 2.24 bits per heavy atom. The summed E-state index contributed by atoms with van der Waals surface area (Å²) in [4.78, 5) is 23.9. The predicted octanol–water partition coefficient (Wildman–Crippen LogP) is 2.17. The van der Waals surface area contributed by atoms with Crippen LogP contribution in [0.2, 0.25) is 0 Å². The molecule has 0 N–H and O–H groups in total. The number of carbonyl (C=O) groups excluding carboxylic acids is 2. The van der Waals surface area contributed by atoms with E-state index in [1.54, 1.807) is 34.6 Å². The number of amides is 1. The van der Waals surface area contributed by atoms with Gasteiger partial charge in [0.25, 0.3) is 0 Å². The van der Waals surface area contributed by atoms with E-state index in [1.165, 1.54) is 4.90 Å². The molecule has 0 aromatic heterocycles. The van der Waals surface area contributed by atoms with Gasteiger partial charge in [-0.1, -0.05) is 13.8 Å². The zero-order chi connectivity index (χ0) is 13.5. The largest absolute Gasteiger partial charge is 0.444 e. The molecule has 0 bridgehead atoms. The standard InChI is InChI=1S/C12H20FNO3/c1-10(2,3)17-9(16)14-6-11(4,5)12(13,7-14)8-15/h8H,6-7H2,1-5H3/t12-/m0/s1. The summed E-state index contributed by atoms with van der Waals surface area (Å²) in [5.74, 6) is 0. The number of hydrogen-bond acceptors (Lipinski definition) is 3. The highest BCUT2D eigenvalue weighted by Crippen LogP contribution is 2.40. The smallest absolute Gasteiger partial charge is 0.410 e. The Morgan fingerprint density at radius 1 is 1.35 bits per heavy atom. The first-order valence-electron chi connectivity index (χ1n) is 5.64. The average molecular weight is 245 g/mol. The van der Waals surface area contributed by atoms with E-state index in [0.29, 0.717) is 0 Å². The van der Waals surface area contributed by atoms with Crippen LogP contribution in [0, 0.1) is 5.41 Å². The molecule has 17 heavy (non-hydrogen) atoms. The number of halogens is 1. The van der Waals surface area contributed by atoms with Crippen LogP contribution >= 0.6 is 0 Å². The zero-order valence-electron chi connectivity index (χ0n) is 11.0. The van der Waals surface area contributed by atoms with Crippen LogP contribution in [-0.4, -0.2) is 41.6 Å². The van der Waals surface area contributed by atoms with Gasteiger partial charge in [-0.15, -0.1) is 0 Å². The first-order valence-corrected chi connectivity index (χ1v) is 5.64. The van der Waals surface area contributed by atoms with Crippen LogP contribution in [0.4, 0.5) is 9.18 Å². The van der Waals surface area contributed by atoms with E-state index in [-0.39, 0.29) is 19.4 Å². The number of alkyl halides is 1. The molecule has 1 atom stereocenters. The number of hydrogen-bond donors (Lipinski definition) is 0. The van der Waals surface area contributed by atoms with E-state index in [1.807, 2.05) is 0 Å². The minimum absolute atomic E-state index is 0.178. The topological polar surface area (TPSA) is 46.6 Å². The van der Waals surface area contributed by atoms with Gasteiger partial charge in [0.1, 0.15) is 5.60 Å².